The van der Waals surface area contributed by atoms with Gasteiger partial charge in [0.2, 0.25) is 6.41 Å². The van der Waals surface area contributed by atoms with Crippen LogP contribution in [-0.4, -0.2) is 23.4 Å². The molecule has 39 heavy (non-hydrogen) atoms. The number of carbonyl (C=O) groups excluding carboxylic acids is 2. The summed E-state index contributed by atoms with van der Waals surface area (Å²) in [6.07, 6.45) is 0.295. The summed E-state index contributed by atoms with van der Waals surface area (Å²) < 4.78 is 6.34. The van der Waals surface area contributed by atoms with Crippen molar-refractivity contribution in [3.8, 4) is 44.9 Å². The zero-order valence-corrected chi connectivity index (χ0v) is 21.0. The maximum absolute atomic E-state index is 13.0. The van der Waals surface area contributed by atoms with E-state index >= 15 is 0 Å². The molecule has 0 aliphatic carbocycles. The van der Waals surface area contributed by atoms with E-state index in [0.29, 0.717) is 28.7 Å². The Hall–Kier alpha value is -5.23. The van der Waals surface area contributed by atoms with Crippen molar-refractivity contribution >= 4 is 29.1 Å². The maximum Gasteiger partial charge on any atom is 0.307 e. The van der Waals surface area contributed by atoms with Crippen LogP contribution < -0.4 is 10.1 Å². The first-order valence-electron chi connectivity index (χ1n) is 12.5. The fourth-order valence-corrected chi connectivity index (χ4v) is 5.18. The average Bonchev–Trinajstić information content (AvgIpc) is 2.94. The Balaban J connectivity index is 1.58. The molecule has 2 amide bonds. The van der Waals surface area contributed by atoms with E-state index in [9.17, 15) is 14.4 Å². The molecule has 0 radical (unpaired) electrons. The molecule has 0 spiro atoms. The zero-order chi connectivity index (χ0) is 27.1. The summed E-state index contributed by atoms with van der Waals surface area (Å²) in [7, 11) is 0. The Morgan fingerprint density at radius 3 is 2.13 bits per heavy atom. The van der Waals surface area contributed by atoms with Crippen molar-refractivity contribution in [2.75, 3.05) is 0 Å². The molecular weight excluding hydrogens is 490 g/mol. The van der Waals surface area contributed by atoms with Crippen molar-refractivity contribution in [1.29, 1.82) is 0 Å². The number of rotatable bonds is 6. The SMILES string of the molecule is Cc1ccc(-c2ccc3c(c2)-c2ccc(-c4ccc(CC(=O)O)cc4)c4c(C(=O)NC=O)ccc(c24)O3)cc1. The number of carboxylic acid groups (broad SMARTS) is 1. The molecule has 0 bridgehead atoms. The average molecular weight is 514 g/mol. The zero-order valence-electron chi connectivity index (χ0n) is 21.0. The number of benzene rings is 5. The monoisotopic (exact) mass is 513 g/mol. The first-order valence-corrected chi connectivity index (χ1v) is 12.5. The smallest absolute Gasteiger partial charge is 0.307 e. The van der Waals surface area contributed by atoms with Gasteiger partial charge in [-0.15, -0.1) is 0 Å². The third kappa shape index (κ3) is 4.32. The van der Waals surface area contributed by atoms with Crippen LogP contribution in [0.5, 0.6) is 11.5 Å². The van der Waals surface area contributed by atoms with Gasteiger partial charge in [0.25, 0.3) is 5.91 Å². The van der Waals surface area contributed by atoms with Crippen LogP contribution in [0.1, 0.15) is 21.5 Å². The summed E-state index contributed by atoms with van der Waals surface area (Å²) >= 11 is 0. The minimum absolute atomic E-state index is 0.0783. The first-order chi connectivity index (χ1) is 18.9. The van der Waals surface area contributed by atoms with E-state index in [4.69, 9.17) is 9.84 Å². The fraction of sp³-hybridized carbons (Fsp3) is 0.0606. The number of imide groups is 1. The second-order valence-electron chi connectivity index (χ2n) is 9.56. The van der Waals surface area contributed by atoms with Crippen LogP contribution in [0.4, 0.5) is 0 Å². The Morgan fingerprint density at radius 1 is 0.744 bits per heavy atom. The lowest BCUT2D eigenvalue weighted by atomic mass is 9.86. The van der Waals surface area contributed by atoms with Crippen LogP contribution in [0.3, 0.4) is 0 Å². The third-order valence-corrected chi connectivity index (χ3v) is 7.05. The van der Waals surface area contributed by atoms with Crippen molar-refractivity contribution in [3.63, 3.8) is 0 Å². The van der Waals surface area contributed by atoms with Crippen LogP contribution in [0.2, 0.25) is 0 Å². The van der Waals surface area contributed by atoms with Gasteiger partial charge in [0.1, 0.15) is 11.5 Å². The second kappa shape index (κ2) is 9.58. The summed E-state index contributed by atoms with van der Waals surface area (Å²) in [5, 5.41) is 12.8. The Bertz CT molecular complexity index is 1790. The molecule has 6 rings (SSSR count). The van der Waals surface area contributed by atoms with Crippen molar-refractivity contribution in [2.45, 2.75) is 13.3 Å². The van der Waals surface area contributed by atoms with Gasteiger partial charge in [0.15, 0.2) is 0 Å². The minimum Gasteiger partial charge on any atom is -0.481 e. The highest BCUT2D eigenvalue weighted by Gasteiger charge is 2.26. The molecule has 0 saturated carbocycles. The molecule has 5 aromatic rings. The molecule has 190 valence electrons. The Morgan fingerprint density at radius 2 is 1.41 bits per heavy atom. The molecule has 6 nitrogen and oxygen atoms in total. The van der Waals surface area contributed by atoms with Crippen LogP contribution in [0.25, 0.3) is 44.2 Å². The summed E-state index contributed by atoms with van der Waals surface area (Å²) in [4.78, 5) is 35.3. The number of nitrogens with one attached hydrogen (secondary N) is 1. The van der Waals surface area contributed by atoms with Crippen molar-refractivity contribution in [2.24, 2.45) is 0 Å². The molecule has 2 N–H and O–H groups in total. The highest BCUT2D eigenvalue weighted by Crippen LogP contribution is 2.50. The molecule has 0 unspecified atom stereocenters. The topological polar surface area (TPSA) is 92.7 Å². The van der Waals surface area contributed by atoms with Gasteiger partial charge >= 0.3 is 5.97 Å². The van der Waals surface area contributed by atoms with Gasteiger partial charge in [-0.25, -0.2) is 0 Å². The minimum atomic E-state index is -0.905. The van der Waals surface area contributed by atoms with E-state index in [0.717, 1.165) is 44.5 Å². The van der Waals surface area contributed by atoms with Gasteiger partial charge in [0.05, 0.1) is 6.42 Å². The van der Waals surface area contributed by atoms with Gasteiger partial charge < -0.3 is 9.84 Å². The summed E-state index contributed by atoms with van der Waals surface area (Å²) in [5.74, 6) is -0.0901. The summed E-state index contributed by atoms with van der Waals surface area (Å²) in [6.45, 7) is 2.05. The largest absolute Gasteiger partial charge is 0.481 e. The first kappa shape index (κ1) is 24.1. The lowest BCUT2D eigenvalue weighted by molar-refractivity contribution is -0.136. The Labute approximate surface area is 224 Å². The number of amides is 2. The quantitative estimate of drug-likeness (QED) is 0.240. The molecule has 5 aromatic carbocycles. The highest BCUT2D eigenvalue weighted by atomic mass is 16.5. The second-order valence-corrected chi connectivity index (χ2v) is 9.56. The predicted octanol–water partition coefficient (Wildman–Crippen LogP) is 6.77. The molecule has 1 aliphatic rings. The standard InChI is InChI=1S/C33H23NO5/c1-19-2-6-21(7-3-19)23-10-14-28-27(17-23)25-12-11-24(22-8-4-20(5-9-22)16-30(36)37)31-26(33(38)34-18-35)13-15-29(39-28)32(25)31/h2-15,17-18H,16H2,1H3,(H,36,37)(H,34,35,38). The van der Waals surface area contributed by atoms with Crippen molar-refractivity contribution < 1.29 is 24.2 Å². The van der Waals surface area contributed by atoms with Crippen molar-refractivity contribution in [3.05, 3.63) is 108 Å². The molecule has 0 saturated heterocycles. The van der Waals surface area contributed by atoms with E-state index in [-0.39, 0.29) is 6.42 Å². The number of aliphatic carboxylic acids is 1. The number of hydrogen-bond acceptors (Lipinski definition) is 4. The van der Waals surface area contributed by atoms with E-state index in [1.807, 2.05) is 36.4 Å². The number of aryl methyl sites for hydroxylation is 1. The van der Waals surface area contributed by atoms with Crippen LogP contribution in [-0.2, 0) is 16.0 Å². The number of fused-ring (bicyclic) bond motifs is 2. The number of ether oxygens (including phenoxy) is 1. The Kier molecular flexibility index (Phi) is 5.92. The van der Waals surface area contributed by atoms with Gasteiger partial charge in [-0.3, -0.25) is 19.7 Å². The van der Waals surface area contributed by atoms with Crippen LogP contribution >= 0.6 is 0 Å². The summed E-state index contributed by atoms with van der Waals surface area (Å²) in [5.41, 5.74) is 7.74. The molecule has 6 heteroatoms. The fourth-order valence-electron chi connectivity index (χ4n) is 5.18. The number of hydrogen-bond donors (Lipinski definition) is 2. The molecule has 0 aromatic heterocycles. The van der Waals surface area contributed by atoms with Crippen LogP contribution in [0, 0.1) is 6.92 Å². The van der Waals surface area contributed by atoms with E-state index in [1.54, 1.807) is 24.3 Å². The lowest BCUT2D eigenvalue weighted by Crippen LogP contribution is -2.21. The molecule has 0 fully saturated rings. The summed E-state index contributed by atoms with van der Waals surface area (Å²) in [6, 6.07) is 29.0. The molecule has 0 atom stereocenters. The lowest BCUT2D eigenvalue weighted by Gasteiger charge is -2.24. The van der Waals surface area contributed by atoms with Gasteiger partial charge in [-0.2, -0.15) is 0 Å². The van der Waals surface area contributed by atoms with E-state index in [2.05, 4.69) is 42.6 Å². The van der Waals surface area contributed by atoms with E-state index < -0.39 is 11.9 Å². The van der Waals surface area contributed by atoms with E-state index in [1.165, 1.54) is 5.56 Å². The van der Waals surface area contributed by atoms with Gasteiger partial charge in [-0.05, 0) is 64.6 Å². The van der Waals surface area contributed by atoms with Gasteiger partial charge in [-0.1, -0.05) is 72.3 Å². The predicted molar refractivity (Wildman–Crippen MR) is 150 cm³/mol. The molecular formula is C33H23NO5. The van der Waals surface area contributed by atoms with Crippen molar-refractivity contribution in [1.82, 2.24) is 5.32 Å². The molecule has 1 aliphatic heterocycles. The number of carbonyl (C=O) groups is 3. The normalized spacial score (nSPS) is 11.4. The maximum atomic E-state index is 13.0. The van der Waals surface area contributed by atoms with Crippen LogP contribution in [0.15, 0.2) is 91.0 Å². The highest BCUT2D eigenvalue weighted by molar-refractivity contribution is 6.19. The molecule has 1 heterocycles. The third-order valence-electron chi connectivity index (χ3n) is 7.05. The van der Waals surface area contributed by atoms with Gasteiger partial charge in [0, 0.05) is 21.9 Å². The number of carboxylic acids is 1.